The minimum absolute atomic E-state index is 0.0366. The molecule has 0 aromatic heterocycles. The Labute approximate surface area is 248 Å². The van der Waals surface area contributed by atoms with E-state index < -0.39 is 34.3 Å². The van der Waals surface area contributed by atoms with Crippen molar-refractivity contribution in [2.24, 2.45) is 0 Å². The molecule has 7 nitrogen and oxygen atoms in total. The van der Waals surface area contributed by atoms with Gasteiger partial charge in [0.2, 0.25) is 21.8 Å². The highest BCUT2D eigenvalue weighted by molar-refractivity contribution is 9.10. The van der Waals surface area contributed by atoms with Gasteiger partial charge in [-0.25, -0.2) is 12.8 Å². The summed E-state index contributed by atoms with van der Waals surface area (Å²) in [5.41, 5.74) is 1.63. The average molecular weight is 653 g/mol. The third-order valence-electron chi connectivity index (χ3n) is 6.41. The summed E-state index contributed by atoms with van der Waals surface area (Å²) in [6, 6.07) is 19.0. The summed E-state index contributed by atoms with van der Waals surface area (Å²) < 4.78 is 41.1. The highest BCUT2D eigenvalue weighted by Gasteiger charge is 2.33. The number of nitrogens with one attached hydrogen (secondary N) is 1. The van der Waals surface area contributed by atoms with Crippen molar-refractivity contribution in [3.05, 3.63) is 99.2 Å². The molecule has 3 aromatic carbocycles. The molecule has 11 heteroatoms. The summed E-state index contributed by atoms with van der Waals surface area (Å²) in [6.07, 6.45) is 1.86. The Morgan fingerprint density at radius 1 is 1.02 bits per heavy atom. The third kappa shape index (κ3) is 8.78. The summed E-state index contributed by atoms with van der Waals surface area (Å²) in [5, 5.41) is 2.70. The second kappa shape index (κ2) is 14.1. The molecule has 3 rings (SSSR count). The zero-order chi connectivity index (χ0) is 29.4. The number of carbonyl (C=O) groups excluding carboxylic acids is 2. The van der Waals surface area contributed by atoms with Gasteiger partial charge in [-0.05, 0) is 54.8 Å². The maximum Gasteiger partial charge on any atom is 0.244 e. The van der Waals surface area contributed by atoms with E-state index in [1.165, 1.54) is 11.0 Å². The molecule has 2 atom stereocenters. The quantitative estimate of drug-likeness (QED) is 0.278. The van der Waals surface area contributed by atoms with Crippen LogP contribution in [0.4, 0.5) is 10.1 Å². The summed E-state index contributed by atoms with van der Waals surface area (Å²) >= 11 is 9.33. The van der Waals surface area contributed by atoms with Gasteiger partial charge in [0, 0.05) is 23.5 Å². The number of amides is 2. The summed E-state index contributed by atoms with van der Waals surface area (Å²) in [4.78, 5) is 29.1. The highest BCUT2D eigenvalue weighted by Crippen LogP contribution is 2.25. The lowest BCUT2D eigenvalue weighted by Crippen LogP contribution is -2.54. The molecule has 0 saturated carbocycles. The number of benzene rings is 3. The molecule has 0 aliphatic rings. The summed E-state index contributed by atoms with van der Waals surface area (Å²) in [6.45, 7) is 3.26. The van der Waals surface area contributed by atoms with E-state index in [-0.39, 0.29) is 35.6 Å². The number of hydrogen-bond acceptors (Lipinski definition) is 4. The van der Waals surface area contributed by atoms with Crippen molar-refractivity contribution in [2.75, 3.05) is 17.1 Å². The molecule has 0 aliphatic carbocycles. The number of anilines is 1. The van der Waals surface area contributed by atoms with E-state index >= 15 is 0 Å². The van der Waals surface area contributed by atoms with Crippen LogP contribution in [0.15, 0.2) is 77.3 Å². The molecule has 0 bridgehead atoms. The lowest BCUT2D eigenvalue weighted by atomic mass is 10.0. The fourth-order valence-electron chi connectivity index (χ4n) is 4.04. The predicted octanol–water partition coefficient (Wildman–Crippen LogP) is 5.56. The van der Waals surface area contributed by atoms with Crippen LogP contribution in [0.3, 0.4) is 0 Å². The highest BCUT2D eigenvalue weighted by atomic mass is 79.9. The monoisotopic (exact) mass is 651 g/mol. The first kappa shape index (κ1) is 31.6. The van der Waals surface area contributed by atoms with Crippen LogP contribution in [0, 0.1) is 5.82 Å². The van der Waals surface area contributed by atoms with Crippen LogP contribution in [-0.4, -0.2) is 50.0 Å². The van der Waals surface area contributed by atoms with E-state index in [1.807, 2.05) is 68.4 Å². The molecule has 40 heavy (non-hydrogen) atoms. The number of sulfonamides is 1. The van der Waals surface area contributed by atoms with E-state index in [1.54, 1.807) is 0 Å². The Morgan fingerprint density at radius 3 is 2.25 bits per heavy atom. The van der Waals surface area contributed by atoms with Crippen LogP contribution in [-0.2, 0) is 32.6 Å². The summed E-state index contributed by atoms with van der Waals surface area (Å²) in [7, 11) is -3.98. The standard InChI is InChI=1S/C29H32BrClFN3O4S/c1-4-20(2)33-29(37)27(16-21-8-6-5-7-9-21)34(18-22-10-12-23(30)13-11-22)28(36)19-35(40(3,38)39)24-14-15-26(32)25(31)17-24/h5-15,17,20,27H,4,16,18-19H2,1-3H3,(H,33,37). The molecular weight excluding hydrogens is 621 g/mol. The van der Waals surface area contributed by atoms with Crippen molar-refractivity contribution in [1.82, 2.24) is 10.2 Å². The van der Waals surface area contributed by atoms with Crippen LogP contribution in [0.5, 0.6) is 0 Å². The lowest BCUT2D eigenvalue weighted by Gasteiger charge is -2.34. The van der Waals surface area contributed by atoms with Gasteiger partial charge < -0.3 is 10.2 Å². The molecule has 0 fully saturated rings. The average Bonchev–Trinajstić information content (AvgIpc) is 2.91. The maximum absolute atomic E-state index is 14.0. The second-order valence-electron chi connectivity index (χ2n) is 9.54. The van der Waals surface area contributed by atoms with Crippen molar-refractivity contribution in [2.45, 2.75) is 45.3 Å². The van der Waals surface area contributed by atoms with E-state index in [4.69, 9.17) is 11.6 Å². The molecule has 3 aromatic rings. The molecule has 0 radical (unpaired) electrons. The molecule has 0 saturated heterocycles. The van der Waals surface area contributed by atoms with Gasteiger partial charge in [0.05, 0.1) is 17.0 Å². The number of carbonyl (C=O) groups is 2. The van der Waals surface area contributed by atoms with E-state index in [9.17, 15) is 22.4 Å². The van der Waals surface area contributed by atoms with Gasteiger partial charge in [0.25, 0.3) is 0 Å². The Hall–Kier alpha value is -2.95. The zero-order valence-electron chi connectivity index (χ0n) is 22.5. The molecule has 214 valence electrons. The van der Waals surface area contributed by atoms with Crippen LogP contribution in [0.25, 0.3) is 0 Å². The molecule has 0 aliphatic heterocycles. The number of nitrogens with zero attached hydrogens (tertiary/aromatic N) is 2. The van der Waals surface area contributed by atoms with Crippen LogP contribution >= 0.6 is 27.5 Å². The fourth-order valence-corrected chi connectivity index (χ4v) is 5.32. The predicted molar refractivity (Wildman–Crippen MR) is 160 cm³/mol. The Balaban J connectivity index is 2.06. The lowest BCUT2D eigenvalue weighted by molar-refractivity contribution is -0.140. The minimum Gasteiger partial charge on any atom is -0.352 e. The molecular formula is C29H32BrClFN3O4S. The Morgan fingerprint density at radius 2 is 1.68 bits per heavy atom. The summed E-state index contributed by atoms with van der Waals surface area (Å²) in [5.74, 6) is -1.67. The van der Waals surface area contributed by atoms with Gasteiger partial charge in [0.15, 0.2) is 0 Å². The van der Waals surface area contributed by atoms with E-state index in [0.29, 0.717) is 6.42 Å². The van der Waals surface area contributed by atoms with Crippen molar-refractivity contribution in [3.63, 3.8) is 0 Å². The molecule has 0 heterocycles. The van der Waals surface area contributed by atoms with Crippen molar-refractivity contribution >= 4 is 55.1 Å². The van der Waals surface area contributed by atoms with Crippen LogP contribution < -0.4 is 9.62 Å². The van der Waals surface area contributed by atoms with Crippen molar-refractivity contribution < 1.29 is 22.4 Å². The topological polar surface area (TPSA) is 86.8 Å². The minimum atomic E-state index is -3.98. The Kier molecular flexibility index (Phi) is 11.1. The van der Waals surface area contributed by atoms with Gasteiger partial charge >= 0.3 is 0 Å². The van der Waals surface area contributed by atoms with Gasteiger partial charge in [0.1, 0.15) is 18.4 Å². The van der Waals surface area contributed by atoms with Gasteiger partial charge in [-0.3, -0.25) is 13.9 Å². The first-order valence-corrected chi connectivity index (χ1v) is 15.7. The first-order valence-electron chi connectivity index (χ1n) is 12.7. The maximum atomic E-state index is 14.0. The van der Waals surface area contributed by atoms with E-state index in [0.717, 1.165) is 38.3 Å². The van der Waals surface area contributed by atoms with E-state index in [2.05, 4.69) is 21.2 Å². The number of halogens is 3. The normalized spacial score (nSPS) is 12.8. The molecule has 2 amide bonds. The second-order valence-corrected chi connectivity index (χ2v) is 12.8. The first-order chi connectivity index (χ1) is 18.9. The van der Waals surface area contributed by atoms with Crippen molar-refractivity contribution in [1.29, 1.82) is 0 Å². The van der Waals surface area contributed by atoms with Gasteiger partial charge in [-0.15, -0.1) is 0 Å². The van der Waals surface area contributed by atoms with Gasteiger partial charge in [-0.1, -0.05) is 76.9 Å². The third-order valence-corrected chi connectivity index (χ3v) is 8.37. The molecule has 0 spiro atoms. The smallest absolute Gasteiger partial charge is 0.244 e. The van der Waals surface area contributed by atoms with Gasteiger partial charge in [-0.2, -0.15) is 0 Å². The number of hydrogen-bond donors (Lipinski definition) is 1. The van der Waals surface area contributed by atoms with Crippen LogP contribution in [0.2, 0.25) is 5.02 Å². The SMILES string of the molecule is CCC(C)NC(=O)C(Cc1ccccc1)N(Cc1ccc(Br)cc1)C(=O)CN(c1ccc(F)c(Cl)c1)S(C)(=O)=O. The Bertz CT molecular complexity index is 1420. The molecule has 2 unspecified atom stereocenters. The van der Waals surface area contributed by atoms with Crippen LogP contribution in [0.1, 0.15) is 31.4 Å². The van der Waals surface area contributed by atoms with Crippen molar-refractivity contribution in [3.8, 4) is 0 Å². The zero-order valence-corrected chi connectivity index (χ0v) is 25.6. The largest absolute Gasteiger partial charge is 0.352 e. The molecule has 1 N–H and O–H groups in total. The number of rotatable bonds is 12. The fraction of sp³-hybridized carbons (Fsp3) is 0.310.